The molecular formula is C17H12BrClF4N4O3. The highest BCUT2D eigenvalue weighted by atomic mass is 79.9. The zero-order chi connectivity index (χ0) is 22.1. The van der Waals surface area contributed by atoms with E-state index >= 15 is 4.39 Å². The van der Waals surface area contributed by atoms with E-state index in [1.807, 2.05) is 0 Å². The van der Waals surface area contributed by atoms with Gasteiger partial charge in [-0.1, -0.05) is 27.5 Å². The number of aromatic nitrogens is 2. The van der Waals surface area contributed by atoms with Gasteiger partial charge in [0, 0.05) is 23.1 Å². The van der Waals surface area contributed by atoms with Crippen LogP contribution in [0, 0.1) is 5.82 Å². The molecule has 0 radical (unpaired) electrons. The fourth-order valence-electron chi connectivity index (χ4n) is 2.38. The van der Waals surface area contributed by atoms with Crippen molar-refractivity contribution >= 4 is 50.5 Å². The zero-order valence-electron chi connectivity index (χ0n) is 14.7. The van der Waals surface area contributed by atoms with Crippen LogP contribution in [0.5, 0.6) is 0 Å². The van der Waals surface area contributed by atoms with Gasteiger partial charge in [0.2, 0.25) is 0 Å². The predicted octanol–water partition coefficient (Wildman–Crippen LogP) is 4.22. The molecule has 0 aliphatic heterocycles. The maximum Gasteiger partial charge on any atom is 0.416 e. The van der Waals surface area contributed by atoms with Crippen LogP contribution in [0.15, 0.2) is 41.3 Å². The molecule has 0 saturated heterocycles. The molecule has 3 N–H and O–H groups in total. The monoisotopic (exact) mass is 510 g/mol. The van der Waals surface area contributed by atoms with Crippen LogP contribution in [0.25, 0.3) is 5.65 Å². The number of halogens is 6. The van der Waals surface area contributed by atoms with Crippen molar-refractivity contribution < 1.29 is 32.3 Å². The first-order valence-electron chi connectivity index (χ1n) is 8.12. The van der Waals surface area contributed by atoms with Crippen LogP contribution in [0.2, 0.25) is 5.02 Å². The van der Waals surface area contributed by atoms with Crippen molar-refractivity contribution in [2.45, 2.75) is 12.3 Å². The molecule has 3 rings (SSSR count). The number of benzene rings is 1. The van der Waals surface area contributed by atoms with Crippen LogP contribution >= 0.6 is 27.5 Å². The number of rotatable bonds is 6. The summed E-state index contributed by atoms with van der Waals surface area (Å²) in [5.41, 5.74) is 1.29. The minimum Gasteiger partial charge on any atom is -0.381 e. The van der Waals surface area contributed by atoms with E-state index in [9.17, 15) is 18.0 Å². The van der Waals surface area contributed by atoms with Crippen LogP contribution in [0.3, 0.4) is 0 Å². The summed E-state index contributed by atoms with van der Waals surface area (Å²) in [6.45, 7) is -1.24. The quantitative estimate of drug-likeness (QED) is 0.341. The van der Waals surface area contributed by atoms with Gasteiger partial charge in [-0.25, -0.2) is 14.9 Å². The largest absolute Gasteiger partial charge is 0.416 e. The minimum atomic E-state index is -4.92. The number of hydroxylamine groups is 1. The van der Waals surface area contributed by atoms with Gasteiger partial charge in [-0.15, -0.1) is 0 Å². The summed E-state index contributed by atoms with van der Waals surface area (Å²) in [4.78, 5) is 20.8. The summed E-state index contributed by atoms with van der Waals surface area (Å²) in [5.74, 6) is -1.96. The number of carbonyl (C=O) groups is 1. The predicted molar refractivity (Wildman–Crippen MR) is 103 cm³/mol. The van der Waals surface area contributed by atoms with E-state index in [-0.39, 0.29) is 27.6 Å². The number of nitrogens with zero attached hydrogens (tertiary/aromatic N) is 2. The molecule has 1 atom stereocenters. The average Bonchev–Trinajstić information content (AvgIpc) is 3.13. The number of hydrogen-bond donors (Lipinski definition) is 3. The molecule has 1 amide bonds. The Balaban J connectivity index is 1.91. The number of aliphatic hydroxyl groups excluding tert-OH is 1. The van der Waals surface area contributed by atoms with Gasteiger partial charge in [0.05, 0.1) is 22.0 Å². The smallest absolute Gasteiger partial charge is 0.381 e. The second kappa shape index (κ2) is 8.76. The van der Waals surface area contributed by atoms with Crippen molar-refractivity contribution in [1.29, 1.82) is 0 Å². The molecule has 2 heterocycles. The summed E-state index contributed by atoms with van der Waals surface area (Å²) in [5, 5.41) is 11.8. The highest BCUT2D eigenvalue weighted by Crippen LogP contribution is 2.32. The van der Waals surface area contributed by atoms with Gasteiger partial charge in [0.1, 0.15) is 6.61 Å². The Kier molecular flexibility index (Phi) is 6.50. The molecule has 13 heteroatoms. The van der Waals surface area contributed by atoms with Crippen LogP contribution < -0.4 is 10.8 Å². The number of hydrogen-bond acceptors (Lipinski definition) is 5. The standard InChI is InChI=1S/C17H12BrClF4N4O3/c18-8-1-2-11(10(19)5-8)25-14-9(6-27-4-3-24-15(27)13(14)20)16(29)26-30-7-12(28)17(21,22)23/h1-6,12,25,28H,7H2,(H,26,29). The normalized spacial score (nSPS) is 12.8. The lowest BCUT2D eigenvalue weighted by Crippen LogP contribution is -2.37. The number of anilines is 2. The first-order valence-corrected chi connectivity index (χ1v) is 9.29. The van der Waals surface area contributed by atoms with Gasteiger partial charge >= 0.3 is 6.18 Å². The van der Waals surface area contributed by atoms with Crippen molar-refractivity contribution in [1.82, 2.24) is 14.9 Å². The van der Waals surface area contributed by atoms with Crippen LogP contribution in [0.4, 0.5) is 28.9 Å². The first kappa shape index (κ1) is 22.3. The van der Waals surface area contributed by atoms with Gasteiger partial charge in [-0.2, -0.15) is 13.2 Å². The second-order valence-corrected chi connectivity index (χ2v) is 7.26. The Morgan fingerprint density at radius 3 is 2.80 bits per heavy atom. The topological polar surface area (TPSA) is 87.9 Å². The van der Waals surface area contributed by atoms with Crippen molar-refractivity contribution in [3.05, 3.63) is 57.7 Å². The van der Waals surface area contributed by atoms with E-state index < -0.39 is 30.6 Å². The third-order valence-electron chi connectivity index (χ3n) is 3.84. The number of amides is 1. The number of aliphatic hydroxyl groups is 1. The molecule has 0 bridgehead atoms. The molecule has 2 aromatic heterocycles. The van der Waals surface area contributed by atoms with Crippen molar-refractivity contribution in [2.24, 2.45) is 0 Å². The molecule has 0 spiro atoms. The Bertz CT molecular complexity index is 1090. The molecule has 1 unspecified atom stereocenters. The van der Waals surface area contributed by atoms with E-state index in [4.69, 9.17) is 16.7 Å². The highest BCUT2D eigenvalue weighted by Gasteiger charge is 2.38. The zero-order valence-corrected chi connectivity index (χ0v) is 17.0. The molecule has 7 nitrogen and oxygen atoms in total. The van der Waals surface area contributed by atoms with E-state index in [2.05, 4.69) is 31.1 Å². The summed E-state index contributed by atoms with van der Waals surface area (Å²) >= 11 is 9.36. The third kappa shape index (κ3) is 4.83. The molecule has 1 aromatic carbocycles. The van der Waals surface area contributed by atoms with Crippen LogP contribution in [-0.2, 0) is 4.84 Å². The van der Waals surface area contributed by atoms with Crippen molar-refractivity contribution in [2.75, 3.05) is 11.9 Å². The molecule has 3 aromatic rings. The second-order valence-electron chi connectivity index (χ2n) is 5.94. The van der Waals surface area contributed by atoms with Gasteiger partial charge in [0.25, 0.3) is 5.91 Å². The molecular weight excluding hydrogens is 500 g/mol. The van der Waals surface area contributed by atoms with E-state index in [1.54, 1.807) is 11.5 Å². The van der Waals surface area contributed by atoms with E-state index in [1.165, 1.54) is 35.1 Å². The Morgan fingerprint density at radius 1 is 1.40 bits per heavy atom. The van der Waals surface area contributed by atoms with Crippen LogP contribution in [0.1, 0.15) is 10.4 Å². The molecule has 30 heavy (non-hydrogen) atoms. The molecule has 160 valence electrons. The van der Waals surface area contributed by atoms with E-state index in [0.29, 0.717) is 4.47 Å². The maximum atomic E-state index is 15.0. The fraction of sp³-hybridized carbons (Fsp3) is 0.176. The van der Waals surface area contributed by atoms with Crippen LogP contribution in [-0.4, -0.2) is 39.3 Å². The molecule has 0 fully saturated rings. The van der Waals surface area contributed by atoms with Gasteiger partial charge in [-0.3, -0.25) is 9.63 Å². The summed E-state index contributed by atoms with van der Waals surface area (Å²) in [7, 11) is 0. The lowest BCUT2D eigenvalue weighted by molar-refractivity contribution is -0.221. The average molecular weight is 512 g/mol. The van der Waals surface area contributed by atoms with Crippen molar-refractivity contribution in [3.63, 3.8) is 0 Å². The SMILES string of the molecule is O=C(NOCC(O)C(F)(F)F)c1cn2ccnc2c(F)c1Nc1ccc(Br)cc1Cl. The summed E-state index contributed by atoms with van der Waals surface area (Å²) in [6.07, 6.45) is -3.84. The number of pyridine rings is 1. The highest BCUT2D eigenvalue weighted by molar-refractivity contribution is 9.10. The van der Waals surface area contributed by atoms with Gasteiger partial charge in [-0.05, 0) is 18.2 Å². The number of nitrogens with one attached hydrogen (secondary N) is 2. The summed E-state index contributed by atoms with van der Waals surface area (Å²) in [6, 6.07) is 4.69. The van der Waals surface area contributed by atoms with Gasteiger partial charge < -0.3 is 14.8 Å². The lowest BCUT2D eigenvalue weighted by Gasteiger charge is -2.17. The number of alkyl halides is 3. The number of imidazole rings is 1. The maximum absolute atomic E-state index is 15.0. The Hall–Kier alpha value is -2.41. The Morgan fingerprint density at radius 2 is 2.13 bits per heavy atom. The number of carbonyl (C=O) groups excluding carboxylic acids is 1. The third-order valence-corrected chi connectivity index (χ3v) is 4.65. The first-order chi connectivity index (χ1) is 14.1. The van der Waals surface area contributed by atoms with E-state index in [0.717, 1.165) is 0 Å². The Labute approximate surface area is 179 Å². The van der Waals surface area contributed by atoms with Crippen molar-refractivity contribution in [3.8, 4) is 0 Å². The molecule has 0 aliphatic carbocycles. The fourth-order valence-corrected chi connectivity index (χ4v) is 3.10. The van der Waals surface area contributed by atoms with Gasteiger partial charge in [0.15, 0.2) is 17.6 Å². The lowest BCUT2D eigenvalue weighted by atomic mass is 10.2. The minimum absolute atomic E-state index is 0.101. The number of fused-ring (bicyclic) bond motifs is 1. The molecule has 0 saturated carbocycles. The molecule has 0 aliphatic rings. The summed E-state index contributed by atoms with van der Waals surface area (Å²) < 4.78 is 53.9.